The molecule has 2 fully saturated rings. The molecule has 7 nitrogen and oxygen atoms in total. The van der Waals surface area contributed by atoms with Crippen LogP contribution in [0.5, 0.6) is 0 Å². The molecule has 152 valence electrons. The second kappa shape index (κ2) is 6.63. The Kier molecular flexibility index (Phi) is 3.99. The summed E-state index contributed by atoms with van der Waals surface area (Å²) in [5, 5.41) is 19.4. The Morgan fingerprint density at radius 1 is 1.27 bits per heavy atom. The lowest BCUT2D eigenvalue weighted by molar-refractivity contribution is 0.246. The van der Waals surface area contributed by atoms with Crippen LogP contribution in [-0.4, -0.2) is 37.5 Å². The van der Waals surface area contributed by atoms with Crippen molar-refractivity contribution in [2.75, 3.05) is 0 Å². The second-order valence-electron chi connectivity index (χ2n) is 8.26. The zero-order valence-corrected chi connectivity index (χ0v) is 16.9. The van der Waals surface area contributed by atoms with E-state index in [2.05, 4.69) is 30.7 Å². The van der Waals surface area contributed by atoms with Gasteiger partial charge in [-0.25, -0.2) is 9.37 Å². The number of hydrogen-bond donors (Lipinski definition) is 3. The molecule has 30 heavy (non-hydrogen) atoms. The summed E-state index contributed by atoms with van der Waals surface area (Å²) in [5.41, 5.74) is 11.8. The monoisotopic (exact) mass is 421 g/mol. The quantitative estimate of drug-likeness (QED) is 0.469. The predicted octanol–water partition coefficient (Wildman–Crippen LogP) is 3.35. The number of aromatic nitrogens is 5. The van der Waals surface area contributed by atoms with Gasteiger partial charge in [0, 0.05) is 35.0 Å². The van der Waals surface area contributed by atoms with Crippen molar-refractivity contribution in [3.8, 4) is 22.4 Å². The molecular weight excluding hydrogens is 401 g/mol. The van der Waals surface area contributed by atoms with E-state index in [4.69, 9.17) is 5.73 Å². The molecule has 3 aromatic heterocycles. The molecule has 2 saturated heterocycles. The van der Waals surface area contributed by atoms with Gasteiger partial charge in [-0.15, -0.1) is 11.3 Å². The van der Waals surface area contributed by atoms with Crippen LogP contribution < -0.4 is 11.1 Å². The molecule has 3 unspecified atom stereocenters. The zero-order chi connectivity index (χ0) is 20.3. The molecule has 5 heterocycles. The molecular formula is C21H20FN7S. The average Bonchev–Trinajstić information content (AvgIpc) is 3.49. The highest BCUT2D eigenvalue weighted by molar-refractivity contribution is 7.17. The molecule has 0 spiro atoms. The Morgan fingerprint density at radius 2 is 2.20 bits per heavy atom. The molecule has 2 aliphatic heterocycles. The SMILES string of the molecule is NC1CC2CCC(c3ccc(-c4cc(F)c(-c5cn[nH]c5)c5ncsc45)nn3)(C1)N2. The van der Waals surface area contributed by atoms with E-state index in [0.29, 0.717) is 33.9 Å². The molecule has 1 aromatic carbocycles. The van der Waals surface area contributed by atoms with Crippen molar-refractivity contribution in [1.82, 2.24) is 30.7 Å². The normalized spacial score (nSPS) is 25.8. The first-order valence-electron chi connectivity index (χ1n) is 10.1. The number of nitrogens with zero attached hydrogens (tertiary/aromatic N) is 4. The summed E-state index contributed by atoms with van der Waals surface area (Å²) in [6.07, 6.45) is 7.28. The van der Waals surface area contributed by atoms with Crippen molar-refractivity contribution in [1.29, 1.82) is 0 Å². The molecule has 4 N–H and O–H groups in total. The third kappa shape index (κ3) is 2.69. The lowest BCUT2D eigenvalue weighted by atomic mass is 9.84. The van der Waals surface area contributed by atoms with Gasteiger partial charge in [-0.1, -0.05) is 0 Å². The van der Waals surface area contributed by atoms with E-state index >= 15 is 4.39 Å². The van der Waals surface area contributed by atoms with Crippen molar-refractivity contribution in [3.05, 3.63) is 47.6 Å². The number of halogens is 1. The molecule has 2 bridgehead atoms. The number of fused-ring (bicyclic) bond motifs is 3. The maximum Gasteiger partial charge on any atom is 0.134 e. The summed E-state index contributed by atoms with van der Waals surface area (Å²) in [7, 11) is 0. The van der Waals surface area contributed by atoms with Crippen LogP contribution in [0.4, 0.5) is 4.39 Å². The Hall–Kier alpha value is -2.75. The van der Waals surface area contributed by atoms with E-state index in [1.807, 2.05) is 12.1 Å². The molecule has 4 aromatic rings. The van der Waals surface area contributed by atoms with Crippen molar-refractivity contribution in [2.45, 2.75) is 43.3 Å². The topological polar surface area (TPSA) is 105 Å². The number of aromatic amines is 1. The third-order valence-corrected chi connectivity index (χ3v) is 7.23. The molecule has 2 aliphatic rings. The minimum atomic E-state index is -0.354. The highest BCUT2D eigenvalue weighted by atomic mass is 32.1. The van der Waals surface area contributed by atoms with Crippen LogP contribution in [0.2, 0.25) is 0 Å². The van der Waals surface area contributed by atoms with Gasteiger partial charge in [-0.05, 0) is 43.9 Å². The summed E-state index contributed by atoms with van der Waals surface area (Å²) >= 11 is 1.47. The van der Waals surface area contributed by atoms with Gasteiger partial charge in [0.05, 0.1) is 38.9 Å². The first-order valence-corrected chi connectivity index (χ1v) is 10.9. The number of nitrogens with one attached hydrogen (secondary N) is 2. The molecule has 0 saturated carbocycles. The maximum atomic E-state index is 15.1. The van der Waals surface area contributed by atoms with E-state index in [9.17, 15) is 0 Å². The smallest absolute Gasteiger partial charge is 0.134 e. The Morgan fingerprint density at radius 3 is 3.00 bits per heavy atom. The van der Waals surface area contributed by atoms with E-state index in [-0.39, 0.29) is 17.4 Å². The highest BCUT2D eigenvalue weighted by Crippen LogP contribution is 2.42. The number of nitrogens with two attached hydrogens (primary N) is 1. The highest BCUT2D eigenvalue weighted by Gasteiger charge is 2.46. The van der Waals surface area contributed by atoms with E-state index < -0.39 is 0 Å². The van der Waals surface area contributed by atoms with E-state index in [0.717, 1.165) is 36.1 Å². The van der Waals surface area contributed by atoms with Gasteiger partial charge in [-0.3, -0.25) is 5.10 Å². The van der Waals surface area contributed by atoms with Gasteiger partial charge in [0.1, 0.15) is 5.82 Å². The van der Waals surface area contributed by atoms with Crippen LogP contribution in [0, 0.1) is 5.82 Å². The Balaban J connectivity index is 1.42. The predicted molar refractivity (Wildman–Crippen MR) is 113 cm³/mol. The molecule has 0 aliphatic carbocycles. The zero-order valence-electron chi connectivity index (χ0n) is 16.1. The fraction of sp³-hybridized carbons (Fsp3) is 0.333. The van der Waals surface area contributed by atoms with Crippen molar-refractivity contribution < 1.29 is 4.39 Å². The maximum absolute atomic E-state index is 15.1. The van der Waals surface area contributed by atoms with E-state index in [1.54, 1.807) is 17.9 Å². The Labute approximate surface area is 175 Å². The van der Waals surface area contributed by atoms with Crippen LogP contribution in [0.1, 0.15) is 31.4 Å². The molecule has 3 atom stereocenters. The van der Waals surface area contributed by atoms with Crippen molar-refractivity contribution in [3.63, 3.8) is 0 Å². The summed E-state index contributed by atoms with van der Waals surface area (Å²) in [6.45, 7) is 0. The summed E-state index contributed by atoms with van der Waals surface area (Å²) < 4.78 is 16.0. The van der Waals surface area contributed by atoms with Crippen LogP contribution >= 0.6 is 11.3 Å². The van der Waals surface area contributed by atoms with Gasteiger partial charge in [0.2, 0.25) is 0 Å². The first-order chi connectivity index (χ1) is 14.6. The minimum Gasteiger partial charge on any atom is -0.328 e. The molecule has 9 heteroatoms. The fourth-order valence-corrected chi connectivity index (χ4v) is 5.89. The summed E-state index contributed by atoms with van der Waals surface area (Å²) in [6, 6.07) is 6.09. The lowest BCUT2D eigenvalue weighted by Gasteiger charge is -2.37. The van der Waals surface area contributed by atoms with Gasteiger partial charge in [0.15, 0.2) is 0 Å². The number of thiazole rings is 1. The van der Waals surface area contributed by atoms with Gasteiger partial charge in [0.25, 0.3) is 0 Å². The standard InChI is InChI=1S/C21H20FN7S/c22-15-6-14(20-19(24-10-30-20)18(15)11-8-25-26-9-11)16-1-2-17(29-28-16)21-4-3-13(27-21)5-12(23)7-21/h1-2,6,8-10,12-13,27H,3-5,7,23H2,(H,25,26). The third-order valence-electron chi connectivity index (χ3n) is 6.37. The first kappa shape index (κ1) is 18.1. The van der Waals surface area contributed by atoms with Gasteiger partial charge in [-0.2, -0.15) is 15.3 Å². The minimum absolute atomic E-state index is 0.182. The number of piperidine rings is 1. The second-order valence-corrected chi connectivity index (χ2v) is 9.12. The van der Waals surface area contributed by atoms with Crippen LogP contribution in [0.15, 0.2) is 36.1 Å². The van der Waals surface area contributed by atoms with Crippen molar-refractivity contribution >= 4 is 21.6 Å². The van der Waals surface area contributed by atoms with Gasteiger partial charge >= 0.3 is 0 Å². The van der Waals surface area contributed by atoms with Crippen molar-refractivity contribution in [2.24, 2.45) is 5.73 Å². The largest absolute Gasteiger partial charge is 0.328 e. The van der Waals surface area contributed by atoms with Crippen LogP contribution in [0.3, 0.4) is 0 Å². The van der Waals surface area contributed by atoms with E-state index in [1.165, 1.54) is 17.4 Å². The molecule has 0 radical (unpaired) electrons. The molecule has 0 amide bonds. The lowest BCUT2D eigenvalue weighted by Crippen LogP contribution is -2.51. The summed E-state index contributed by atoms with van der Waals surface area (Å²) in [4.78, 5) is 4.42. The fourth-order valence-electron chi connectivity index (χ4n) is 5.07. The number of benzene rings is 1. The number of rotatable bonds is 3. The molecule has 6 rings (SSSR count). The van der Waals surface area contributed by atoms with Crippen LogP contribution in [0.25, 0.3) is 32.6 Å². The Bertz CT molecular complexity index is 1220. The van der Waals surface area contributed by atoms with Gasteiger partial charge < -0.3 is 11.1 Å². The average molecular weight is 422 g/mol. The van der Waals surface area contributed by atoms with Crippen LogP contribution in [-0.2, 0) is 5.54 Å². The number of H-pyrrole nitrogens is 1. The number of hydrogen-bond acceptors (Lipinski definition) is 7. The summed E-state index contributed by atoms with van der Waals surface area (Å²) in [5.74, 6) is -0.354.